The average Bonchev–Trinajstić information content (AvgIpc) is 2.81. The maximum atomic E-state index is 12.7. The van der Waals surface area contributed by atoms with Gasteiger partial charge in [0.1, 0.15) is 17.2 Å². The second kappa shape index (κ2) is 9.86. The van der Waals surface area contributed by atoms with Gasteiger partial charge in [-0.05, 0) is 36.4 Å². The SMILES string of the molecule is COc1ccc(N=C(NOC(=O)c2ccc(C(F)(F)F)cc2)c2ccccc2)c(OC)c1. The first kappa shape index (κ1) is 22.7. The van der Waals surface area contributed by atoms with Crippen molar-refractivity contribution in [3.63, 3.8) is 0 Å². The molecule has 0 amide bonds. The molecule has 0 radical (unpaired) electrons. The number of rotatable bonds is 5. The van der Waals surface area contributed by atoms with Crippen LogP contribution in [0, 0.1) is 0 Å². The molecule has 1 N–H and O–H groups in total. The molecular formula is C23H19F3N2O4. The number of benzene rings is 3. The number of halogens is 3. The van der Waals surface area contributed by atoms with Crippen LogP contribution >= 0.6 is 0 Å². The molecule has 3 aromatic carbocycles. The van der Waals surface area contributed by atoms with Gasteiger partial charge in [0.2, 0.25) is 0 Å². The van der Waals surface area contributed by atoms with Crippen LogP contribution in [-0.2, 0) is 11.0 Å². The van der Waals surface area contributed by atoms with E-state index in [2.05, 4.69) is 10.5 Å². The Balaban J connectivity index is 1.85. The van der Waals surface area contributed by atoms with Crippen molar-refractivity contribution in [2.75, 3.05) is 14.2 Å². The number of carbonyl (C=O) groups excluding carboxylic acids is 1. The predicted octanol–water partition coefficient (Wildman–Crippen LogP) is 5.16. The Morgan fingerprint density at radius 1 is 0.875 bits per heavy atom. The van der Waals surface area contributed by atoms with Crippen molar-refractivity contribution in [2.24, 2.45) is 4.99 Å². The van der Waals surface area contributed by atoms with E-state index in [0.29, 0.717) is 22.7 Å². The lowest BCUT2D eigenvalue weighted by molar-refractivity contribution is -0.137. The van der Waals surface area contributed by atoms with Crippen molar-refractivity contribution in [3.05, 3.63) is 89.5 Å². The summed E-state index contributed by atoms with van der Waals surface area (Å²) in [7, 11) is 3.00. The van der Waals surface area contributed by atoms with E-state index in [1.165, 1.54) is 14.2 Å². The Hall–Kier alpha value is -4.01. The van der Waals surface area contributed by atoms with E-state index in [9.17, 15) is 18.0 Å². The topological polar surface area (TPSA) is 69.1 Å². The Morgan fingerprint density at radius 2 is 1.56 bits per heavy atom. The molecule has 0 atom stereocenters. The van der Waals surface area contributed by atoms with Gasteiger partial charge in [-0.25, -0.2) is 9.79 Å². The highest BCUT2D eigenvalue weighted by Gasteiger charge is 2.30. The highest BCUT2D eigenvalue weighted by molar-refractivity contribution is 6.01. The Labute approximate surface area is 182 Å². The van der Waals surface area contributed by atoms with Crippen LogP contribution in [0.3, 0.4) is 0 Å². The quantitative estimate of drug-likeness (QED) is 0.334. The molecule has 0 saturated carbocycles. The summed E-state index contributed by atoms with van der Waals surface area (Å²) in [4.78, 5) is 21.9. The number of alkyl halides is 3. The van der Waals surface area contributed by atoms with Crippen LogP contribution in [0.2, 0.25) is 0 Å². The summed E-state index contributed by atoms with van der Waals surface area (Å²) >= 11 is 0. The van der Waals surface area contributed by atoms with Gasteiger partial charge < -0.3 is 14.3 Å². The molecule has 0 unspecified atom stereocenters. The van der Waals surface area contributed by atoms with Crippen LogP contribution < -0.4 is 15.0 Å². The lowest BCUT2D eigenvalue weighted by atomic mass is 10.1. The first-order valence-electron chi connectivity index (χ1n) is 9.32. The summed E-state index contributed by atoms with van der Waals surface area (Å²) in [6, 6.07) is 17.6. The lowest BCUT2D eigenvalue weighted by Gasteiger charge is -2.12. The zero-order valence-electron chi connectivity index (χ0n) is 17.1. The van der Waals surface area contributed by atoms with E-state index in [1.807, 2.05) is 6.07 Å². The second-order valence-corrected chi connectivity index (χ2v) is 6.43. The molecule has 3 aromatic rings. The van der Waals surface area contributed by atoms with Crippen molar-refractivity contribution in [2.45, 2.75) is 6.18 Å². The fourth-order valence-corrected chi connectivity index (χ4v) is 2.69. The van der Waals surface area contributed by atoms with Crippen LogP contribution in [0.1, 0.15) is 21.5 Å². The maximum absolute atomic E-state index is 12.7. The number of hydrogen-bond donors (Lipinski definition) is 1. The number of amidine groups is 1. The van der Waals surface area contributed by atoms with E-state index < -0.39 is 17.7 Å². The Morgan fingerprint density at radius 3 is 2.16 bits per heavy atom. The summed E-state index contributed by atoms with van der Waals surface area (Å²) in [5.74, 6) is 0.316. The number of methoxy groups -OCH3 is 2. The molecule has 0 fully saturated rings. The number of nitrogens with one attached hydrogen (secondary N) is 1. The lowest BCUT2D eigenvalue weighted by Crippen LogP contribution is -2.28. The summed E-state index contributed by atoms with van der Waals surface area (Å²) in [6.07, 6.45) is -4.49. The third-order valence-electron chi connectivity index (χ3n) is 4.35. The minimum Gasteiger partial charge on any atom is -0.497 e. The molecule has 32 heavy (non-hydrogen) atoms. The molecule has 0 aromatic heterocycles. The van der Waals surface area contributed by atoms with Crippen LogP contribution in [0.25, 0.3) is 0 Å². The average molecular weight is 444 g/mol. The van der Waals surface area contributed by atoms with Crippen LogP contribution in [0.15, 0.2) is 77.8 Å². The molecule has 6 nitrogen and oxygen atoms in total. The molecule has 0 heterocycles. The van der Waals surface area contributed by atoms with Gasteiger partial charge in [0.15, 0.2) is 5.84 Å². The zero-order valence-corrected chi connectivity index (χ0v) is 17.1. The second-order valence-electron chi connectivity index (χ2n) is 6.43. The van der Waals surface area contributed by atoms with Crippen molar-refractivity contribution >= 4 is 17.5 Å². The minimum atomic E-state index is -4.49. The van der Waals surface area contributed by atoms with Gasteiger partial charge in [-0.2, -0.15) is 18.7 Å². The van der Waals surface area contributed by atoms with E-state index in [-0.39, 0.29) is 11.4 Å². The van der Waals surface area contributed by atoms with Crippen molar-refractivity contribution in [1.82, 2.24) is 5.48 Å². The molecular weight excluding hydrogens is 425 g/mol. The minimum absolute atomic E-state index is 0.0556. The number of carbonyl (C=O) groups is 1. The Bertz CT molecular complexity index is 1100. The van der Waals surface area contributed by atoms with Crippen molar-refractivity contribution in [3.8, 4) is 11.5 Å². The first-order chi connectivity index (χ1) is 15.3. The van der Waals surface area contributed by atoms with Gasteiger partial charge in [0.25, 0.3) is 0 Å². The van der Waals surface area contributed by atoms with E-state index in [1.54, 1.807) is 42.5 Å². The number of ether oxygens (including phenoxy) is 2. The summed E-state index contributed by atoms with van der Waals surface area (Å²) in [6.45, 7) is 0. The number of hydroxylamine groups is 1. The number of aliphatic imine (C=N–C) groups is 1. The van der Waals surface area contributed by atoms with Gasteiger partial charge in [-0.15, -0.1) is 0 Å². The molecule has 0 saturated heterocycles. The largest absolute Gasteiger partial charge is 0.497 e. The van der Waals surface area contributed by atoms with Crippen molar-refractivity contribution in [1.29, 1.82) is 0 Å². The standard InChI is InChI=1S/C23H19F3N2O4/c1-30-18-12-13-19(20(14-18)31-2)27-21(15-6-4-3-5-7-15)28-32-22(29)16-8-10-17(11-9-16)23(24,25)26/h3-14H,1-2H3,(H,27,28). The van der Waals surface area contributed by atoms with E-state index in [4.69, 9.17) is 14.3 Å². The van der Waals surface area contributed by atoms with E-state index >= 15 is 0 Å². The molecule has 0 bridgehead atoms. The fraction of sp³-hybridized carbons (Fsp3) is 0.130. The molecule has 0 aliphatic heterocycles. The normalized spacial score (nSPS) is 11.6. The number of nitrogens with zero attached hydrogens (tertiary/aromatic N) is 1. The predicted molar refractivity (Wildman–Crippen MR) is 112 cm³/mol. The van der Waals surface area contributed by atoms with Gasteiger partial charge >= 0.3 is 12.1 Å². The molecule has 3 rings (SSSR count). The highest BCUT2D eigenvalue weighted by Crippen LogP contribution is 2.32. The highest BCUT2D eigenvalue weighted by atomic mass is 19.4. The summed E-state index contributed by atoms with van der Waals surface area (Å²) in [5.41, 5.74) is 2.62. The molecule has 0 spiro atoms. The molecule has 166 valence electrons. The summed E-state index contributed by atoms with van der Waals surface area (Å²) < 4.78 is 48.7. The third-order valence-corrected chi connectivity index (χ3v) is 4.35. The van der Waals surface area contributed by atoms with Crippen LogP contribution in [0.4, 0.5) is 18.9 Å². The Kier molecular flexibility index (Phi) is 6.99. The monoisotopic (exact) mass is 444 g/mol. The van der Waals surface area contributed by atoms with Gasteiger partial charge in [-0.3, -0.25) is 0 Å². The van der Waals surface area contributed by atoms with Gasteiger partial charge in [-0.1, -0.05) is 30.3 Å². The zero-order chi connectivity index (χ0) is 23.1. The van der Waals surface area contributed by atoms with Gasteiger partial charge in [0.05, 0.1) is 25.3 Å². The molecule has 0 aliphatic carbocycles. The van der Waals surface area contributed by atoms with Crippen LogP contribution in [-0.4, -0.2) is 26.0 Å². The van der Waals surface area contributed by atoms with E-state index in [0.717, 1.165) is 24.3 Å². The van der Waals surface area contributed by atoms with Crippen LogP contribution in [0.5, 0.6) is 11.5 Å². The molecule has 9 heteroatoms. The van der Waals surface area contributed by atoms with Crippen molar-refractivity contribution < 1.29 is 32.3 Å². The first-order valence-corrected chi connectivity index (χ1v) is 9.32. The third kappa shape index (κ3) is 5.57. The molecule has 0 aliphatic rings. The smallest absolute Gasteiger partial charge is 0.416 e. The fourth-order valence-electron chi connectivity index (χ4n) is 2.69. The van der Waals surface area contributed by atoms with Gasteiger partial charge in [0, 0.05) is 11.6 Å². The number of hydrogen-bond acceptors (Lipinski definition) is 5. The summed E-state index contributed by atoms with van der Waals surface area (Å²) in [5, 5.41) is 0. The maximum Gasteiger partial charge on any atom is 0.416 e.